The van der Waals surface area contributed by atoms with Crippen molar-refractivity contribution < 1.29 is 13.2 Å². The molecule has 1 aliphatic heterocycles. The second-order valence-corrected chi connectivity index (χ2v) is 9.84. The predicted octanol–water partition coefficient (Wildman–Crippen LogP) is 3.81. The minimum Gasteiger partial charge on any atom is -0.341 e. The first-order chi connectivity index (χ1) is 13.9. The highest BCUT2D eigenvalue weighted by Gasteiger charge is 2.31. The summed E-state index contributed by atoms with van der Waals surface area (Å²) in [6.07, 6.45) is 1.42. The number of benzene rings is 2. The number of carbonyl (C=O) groups excluding carboxylic acids is 1. The molecule has 1 aliphatic rings. The van der Waals surface area contributed by atoms with Gasteiger partial charge in [0, 0.05) is 47.1 Å². The number of carbonyl (C=O) groups is 1. The zero-order chi connectivity index (χ0) is 20.6. The van der Waals surface area contributed by atoms with Crippen LogP contribution in [0.5, 0.6) is 0 Å². The van der Waals surface area contributed by atoms with Crippen molar-refractivity contribution >= 4 is 43.4 Å². The van der Waals surface area contributed by atoms with Crippen molar-refractivity contribution in [1.29, 1.82) is 0 Å². The lowest BCUT2D eigenvalue weighted by Gasteiger charge is -2.30. The van der Waals surface area contributed by atoms with Crippen LogP contribution >= 0.6 is 0 Å². The molecule has 6 nitrogen and oxygen atoms in total. The average Bonchev–Trinajstić information content (AvgIpc) is 3.07. The number of hydrogen-bond acceptors (Lipinski definition) is 3. The summed E-state index contributed by atoms with van der Waals surface area (Å²) in [5.74, 6) is -0.364. The van der Waals surface area contributed by atoms with Gasteiger partial charge in [0.2, 0.25) is 15.9 Å². The zero-order valence-electron chi connectivity index (χ0n) is 16.9. The van der Waals surface area contributed by atoms with E-state index < -0.39 is 10.0 Å². The molecule has 1 saturated heterocycles. The summed E-state index contributed by atoms with van der Waals surface area (Å²) in [7, 11) is -3.26. The number of aromatic nitrogens is 1. The van der Waals surface area contributed by atoms with E-state index in [0.29, 0.717) is 19.4 Å². The zero-order valence-corrected chi connectivity index (χ0v) is 17.7. The first kappa shape index (κ1) is 19.9. The van der Waals surface area contributed by atoms with Crippen LogP contribution < -0.4 is 5.32 Å². The van der Waals surface area contributed by atoms with Crippen molar-refractivity contribution in [3.8, 4) is 0 Å². The molecule has 2 heterocycles. The van der Waals surface area contributed by atoms with Crippen molar-refractivity contribution in [1.82, 2.24) is 8.87 Å². The van der Waals surface area contributed by atoms with Crippen LogP contribution in [-0.4, -0.2) is 42.0 Å². The summed E-state index contributed by atoms with van der Waals surface area (Å²) in [5.41, 5.74) is 3.07. The molecule has 29 heavy (non-hydrogen) atoms. The molecule has 1 aromatic heterocycles. The molecule has 1 N–H and O–H groups in total. The summed E-state index contributed by atoms with van der Waals surface area (Å²) in [4.78, 5) is 12.9. The molecule has 7 heteroatoms. The van der Waals surface area contributed by atoms with Gasteiger partial charge < -0.3 is 9.88 Å². The van der Waals surface area contributed by atoms with Crippen LogP contribution in [-0.2, 0) is 21.4 Å². The maximum atomic E-state index is 12.9. The molecule has 1 fully saturated rings. The topological polar surface area (TPSA) is 71.4 Å². The fourth-order valence-electron chi connectivity index (χ4n) is 4.31. The lowest BCUT2D eigenvalue weighted by Crippen LogP contribution is -2.44. The van der Waals surface area contributed by atoms with Crippen molar-refractivity contribution in [2.24, 2.45) is 5.92 Å². The van der Waals surface area contributed by atoms with Gasteiger partial charge in [-0.15, -0.1) is 0 Å². The third kappa shape index (κ3) is 3.65. The fraction of sp³-hybridized carbons (Fsp3) is 0.409. The Kier molecular flexibility index (Phi) is 5.36. The molecule has 0 bridgehead atoms. The number of sulfonamides is 1. The van der Waals surface area contributed by atoms with Crippen LogP contribution in [0, 0.1) is 5.92 Å². The van der Waals surface area contributed by atoms with Crippen molar-refractivity contribution in [2.45, 2.75) is 33.2 Å². The number of anilines is 1. The van der Waals surface area contributed by atoms with Crippen molar-refractivity contribution in [3.05, 3.63) is 42.5 Å². The number of hydrogen-bond donors (Lipinski definition) is 1. The summed E-state index contributed by atoms with van der Waals surface area (Å²) >= 11 is 0. The maximum Gasteiger partial charge on any atom is 0.228 e. The Morgan fingerprint density at radius 2 is 1.86 bits per heavy atom. The van der Waals surface area contributed by atoms with E-state index in [-0.39, 0.29) is 24.1 Å². The third-order valence-corrected chi connectivity index (χ3v) is 7.72. The van der Waals surface area contributed by atoms with E-state index in [4.69, 9.17) is 0 Å². The molecule has 154 valence electrons. The molecule has 0 aliphatic carbocycles. The Balaban J connectivity index is 1.59. The van der Waals surface area contributed by atoms with E-state index in [9.17, 15) is 13.2 Å². The summed E-state index contributed by atoms with van der Waals surface area (Å²) in [5, 5.41) is 5.29. The van der Waals surface area contributed by atoms with Crippen molar-refractivity contribution in [2.75, 3.05) is 24.2 Å². The number of amides is 1. The molecular weight excluding hydrogens is 386 g/mol. The monoisotopic (exact) mass is 413 g/mol. The summed E-state index contributed by atoms with van der Waals surface area (Å²) in [6.45, 7) is 5.41. The molecule has 0 unspecified atom stereocenters. The van der Waals surface area contributed by atoms with Crippen LogP contribution in [0.25, 0.3) is 21.8 Å². The van der Waals surface area contributed by atoms with Crippen LogP contribution in [0.3, 0.4) is 0 Å². The second-order valence-electron chi connectivity index (χ2n) is 7.58. The van der Waals surface area contributed by atoms with Crippen LogP contribution in [0.1, 0.15) is 26.7 Å². The van der Waals surface area contributed by atoms with Crippen LogP contribution in [0.2, 0.25) is 0 Å². The molecule has 3 aromatic rings. The lowest BCUT2D eigenvalue weighted by atomic mass is 9.98. The Hall–Kier alpha value is -2.38. The highest BCUT2D eigenvalue weighted by atomic mass is 32.2. The van der Waals surface area contributed by atoms with E-state index in [2.05, 4.69) is 28.9 Å². The van der Waals surface area contributed by atoms with Gasteiger partial charge in [-0.1, -0.05) is 18.2 Å². The Morgan fingerprint density at radius 1 is 1.10 bits per heavy atom. The van der Waals surface area contributed by atoms with E-state index in [1.807, 2.05) is 30.3 Å². The van der Waals surface area contributed by atoms with Gasteiger partial charge in [0.05, 0.1) is 11.7 Å². The number of fused-ring (bicyclic) bond motifs is 3. The van der Waals surface area contributed by atoms with E-state index in [1.54, 1.807) is 6.92 Å². The smallest absolute Gasteiger partial charge is 0.228 e. The van der Waals surface area contributed by atoms with E-state index >= 15 is 0 Å². The van der Waals surface area contributed by atoms with Gasteiger partial charge >= 0.3 is 0 Å². The van der Waals surface area contributed by atoms with Gasteiger partial charge in [0.25, 0.3) is 0 Å². The average molecular weight is 414 g/mol. The molecule has 0 spiro atoms. The van der Waals surface area contributed by atoms with E-state index in [1.165, 1.54) is 15.2 Å². The minimum absolute atomic E-state index is 0.0689. The quantitative estimate of drug-likeness (QED) is 0.691. The number of nitrogens with one attached hydrogen (secondary N) is 1. The molecule has 4 rings (SSSR count). The van der Waals surface area contributed by atoms with E-state index in [0.717, 1.165) is 23.1 Å². The second kappa shape index (κ2) is 7.80. The van der Waals surface area contributed by atoms with Gasteiger partial charge in [-0.2, -0.15) is 0 Å². The predicted molar refractivity (Wildman–Crippen MR) is 118 cm³/mol. The number of para-hydroxylation sites is 1. The van der Waals surface area contributed by atoms with Gasteiger partial charge in [-0.3, -0.25) is 4.79 Å². The molecule has 1 amide bonds. The standard InChI is InChI=1S/C22H27N3O3S/c1-3-25-20-10-6-5-9-18(20)19-14-17(11-12-21(19)25)23-22(26)16-8-7-13-24(15-16)29(27,28)4-2/h5-6,9-12,14,16H,3-4,7-8,13,15H2,1-2H3,(H,23,26)/t16-/m0/s1. The normalized spacial score (nSPS) is 18.3. The number of piperidine rings is 1. The highest BCUT2D eigenvalue weighted by Crippen LogP contribution is 2.31. The third-order valence-electron chi connectivity index (χ3n) is 5.87. The SMILES string of the molecule is CCn1c2ccccc2c2cc(NC(=O)[C@H]3CCCN(S(=O)(=O)CC)C3)ccc21. The number of nitrogens with zero attached hydrogens (tertiary/aromatic N) is 2. The number of aryl methyl sites for hydroxylation is 1. The largest absolute Gasteiger partial charge is 0.341 e. The summed E-state index contributed by atoms with van der Waals surface area (Å²) < 4.78 is 28.1. The molecule has 1 atom stereocenters. The van der Waals surface area contributed by atoms with Gasteiger partial charge in [0.1, 0.15) is 0 Å². The molecule has 2 aromatic carbocycles. The Morgan fingerprint density at radius 3 is 2.62 bits per heavy atom. The van der Waals surface area contributed by atoms with Gasteiger partial charge in [0.15, 0.2) is 0 Å². The van der Waals surface area contributed by atoms with Gasteiger partial charge in [-0.05, 0) is 51.0 Å². The first-order valence-corrected chi connectivity index (χ1v) is 11.8. The maximum absolute atomic E-state index is 12.9. The molecule has 0 saturated carbocycles. The van der Waals surface area contributed by atoms with Crippen molar-refractivity contribution in [3.63, 3.8) is 0 Å². The molecule has 0 radical (unpaired) electrons. The molecular formula is C22H27N3O3S. The lowest BCUT2D eigenvalue weighted by molar-refractivity contribution is -0.120. The highest BCUT2D eigenvalue weighted by molar-refractivity contribution is 7.89. The Bertz CT molecular complexity index is 1170. The van der Waals surface area contributed by atoms with Crippen LogP contribution in [0.15, 0.2) is 42.5 Å². The Labute approximate surface area is 171 Å². The fourth-order valence-corrected chi connectivity index (χ4v) is 5.49. The van der Waals surface area contributed by atoms with Crippen LogP contribution in [0.4, 0.5) is 5.69 Å². The first-order valence-electron chi connectivity index (χ1n) is 10.2. The summed E-state index contributed by atoms with van der Waals surface area (Å²) in [6, 6.07) is 14.3. The number of rotatable bonds is 5. The van der Waals surface area contributed by atoms with Gasteiger partial charge in [-0.25, -0.2) is 12.7 Å². The minimum atomic E-state index is -3.26.